The molecule has 1 atom stereocenters. The molecule has 0 fully saturated rings. The molecule has 0 bridgehead atoms. The predicted octanol–water partition coefficient (Wildman–Crippen LogP) is 3.85. The largest absolute Gasteiger partial charge is 0.493 e. The molecule has 27 heavy (non-hydrogen) atoms. The van der Waals surface area contributed by atoms with Crippen LogP contribution in [0.1, 0.15) is 38.8 Å². The molecule has 1 aromatic carbocycles. The number of aromatic nitrogens is 2. The molecule has 0 amide bonds. The Morgan fingerprint density at radius 3 is 2.56 bits per heavy atom. The van der Waals surface area contributed by atoms with Gasteiger partial charge in [0.25, 0.3) is 0 Å². The van der Waals surface area contributed by atoms with Gasteiger partial charge in [0.15, 0.2) is 5.96 Å². The molecule has 1 heterocycles. The van der Waals surface area contributed by atoms with Gasteiger partial charge < -0.3 is 15.4 Å². The Hall–Kier alpha value is -1.77. The van der Waals surface area contributed by atoms with Crippen LogP contribution in [0.15, 0.2) is 47.7 Å². The number of benzene rings is 1. The zero-order valence-electron chi connectivity index (χ0n) is 16.7. The molecule has 6 nitrogen and oxygen atoms in total. The summed E-state index contributed by atoms with van der Waals surface area (Å²) in [7, 11) is 1.79. The standard InChI is InChI=1S/C20H31N5O.HI/c1-16(2)15-26-19-9-7-18(8-10-19)17(3)24-20(21-4)22-11-5-13-25-14-6-12-23-25;/h6-10,12,14,16-17H,5,11,13,15H2,1-4H3,(H2,21,22,24);1H. The third kappa shape index (κ3) is 8.64. The van der Waals surface area contributed by atoms with Crippen LogP contribution in [0, 0.1) is 5.92 Å². The maximum absolute atomic E-state index is 5.74. The number of aryl methyl sites for hydroxylation is 1. The summed E-state index contributed by atoms with van der Waals surface area (Å²) in [6, 6.07) is 10.3. The molecule has 0 aliphatic heterocycles. The summed E-state index contributed by atoms with van der Waals surface area (Å²) in [5.41, 5.74) is 1.20. The molecule has 0 radical (unpaired) electrons. The van der Waals surface area contributed by atoms with Gasteiger partial charge in [-0.05, 0) is 43.0 Å². The Morgan fingerprint density at radius 1 is 1.22 bits per heavy atom. The molecule has 150 valence electrons. The highest BCUT2D eigenvalue weighted by atomic mass is 127. The average molecular weight is 485 g/mol. The van der Waals surface area contributed by atoms with Crippen molar-refractivity contribution in [2.75, 3.05) is 20.2 Å². The minimum absolute atomic E-state index is 0. The van der Waals surface area contributed by atoms with Crippen LogP contribution in [0.2, 0.25) is 0 Å². The van der Waals surface area contributed by atoms with E-state index in [1.165, 1.54) is 5.56 Å². The van der Waals surface area contributed by atoms with E-state index in [0.29, 0.717) is 5.92 Å². The molecule has 0 saturated carbocycles. The van der Waals surface area contributed by atoms with Crippen LogP contribution < -0.4 is 15.4 Å². The van der Waals surface area contributed by atoms with E-state index in [4.69, 9.17) is 4.74 Å². The summed E-state index contributed by atoms with van der Waals surface area (Å²) in [4.78, 5) is 4.30. The zero-order chi connectivity index (χ0) is 18.8. The van der Waals surface area contributed by atoms with Crippen molar-refractivity contribution in [3.05, 3.63) is 48.3 Å². The third-order valence-corrected chi connectivity index (χ3v) is 3.96. The normalized spacial score (nSPS) is 12.4. The first-order chi connectivity index (χ1) is 12.6. The number of rotatable bonds is 9. The maximum Gasteiger partial charge on any atom is 0.191 e. The Bertz CT molecular complexity index is 656. The second-order valence-corrected chi connectivity index (χ2v) is 6.76. The molecular formula is C20H32IN5O. The van der Waals surface area contributed by atoms with Gasteiger partial charge in [0.05, 0.1) is 12.6 Å². The third-order valence-electron chi connectivity index (χ3n) is 3.96. The molecule has 0 spiro atoms. The zero-order valence-corrected chi connectivity index (χ0v) is 19.0. The fourth-order valence-corrected chi connectivity index (χ4v) is 2.48. The van der Waals surface area contributed by atoms with Crippen molar-refractivity contribution < 1.29 is 4.74 Å². The van der Waals surface area contributed by atoms with E-state index in [1.54, 1.807) is 13.2 Å². The number of guanidine groups is 1. The number of nitrogens with one attached hydrogen (secondary N) is 2. The summed E-state index contributed by atoms with van der Waals surface area (Å²) >= 11 is 0. The smallest absolute Gasteiger partial charge is 0.191 e. The van der Waals surface area contributed by atoms with Crippen molar-refractivity contribution in [1.29, 1.82) is 0 Å². The molecule has 2 N–H and O–H groups in total. The number of hydrogen-bond donors (Lipinski definition) is 2. The highest BCUT2D eigenvalue weighted by Gasteiger charge is 2.08. The highest BCUT2D eigenvalue weighted by molar-refractivity contribution is 14.0. The van der Waals surface area contributed by atoms with Crippen LogP contribution in [-0.4, -0.2) is 35.9 Å². The minimum atomic E-state index is 0. The first kappa shape index (κ1) is 23.3. The van der Waals surface area contributed by atoms with Gasteiger partial charge in [-0.2, -0.15) is 5.10 Å². The predicted molar refractivity (Wildman–Crippen MR) is 122 cm³/mol. The molecule has 0 aliphatic carbocycles. The van der Waals surface area contributed by atoms with Crippen LogP contribution >= 0.6 is 24.0 Å². The summed E-state index contributed by atoms with van der Waals surface area (Å²) in [5.74, 6) is 2.24. The molecule has 7 heteroatoms. The summed E-state index contributed by atoms with van der Waals surface area (Å²) in [6.45, 7) is 8.89. The first-order valence-corrected chi connectivity index (χ1v) is 9.26. The van der Waals surface area contributed by atoms with Crippen LogP contribution in [0.25, 0.3) is 0 Å². The van der Waals surface area contributed by atoms with Gasteiger partial charge in [-0.25, -0.2) is 0 Å². The first-order valence-electron chi connectivity index (χ1n) is 9.26. The van der Waals surface area contributed by atoms with Gasteiger partial charge >= 0.3 is 0 Å². The van der Waals surface area contributed by atoms with Crippen molar-refractivity contribution in [1.82, 2.24) is 20.4 Å². The molecule has 0 saturated heterocycles. The second-order valence-electron chi connectivity index (χ2n) is 6.76. The van der Waals surface area contributed by atoms with Crippen LogP contribution in [0.4, 0.5) is 0 Å². The number of ether oxygens (including phenoxy) is 1. The molecular weight excluding hydrogens is 453 g/mol. The maximum atomic E-state index is 5.74. The van der Waals surface area contributed by atoms with Crippen LogP contribution in [0.3, 0.4) is 0 Å². The Labute approximate surface area is 179 Å². The lowest BCUT2D eigenvalue weighted by atomic mass is 10.1. The monoisotopic (exact) mass is 485 g/mol. The van der Waals surface area contributed by atoms with Gasteiger partial charge in [0.1, 0.15) is 5.75 Å². The number of nitrogens with zero attached hydrogens (tertiary/aromatic N) is 3. The second kappa shape index (κ2) is 12.6. The van der Waals surface area contributed by atoms with Crippen molar-refractivity contribution in [2.24, 2.45) is 10.9 Å². The van der Waals surface area contributed by atoms with Gasteiger partial charge in [0, 0.05) is 32.5 Å². The molecule has 0 aliphatic rings. The van der Waals surface area contributed by atoms with Crippen molar-refractivity contribution in [2.45, 2.75) is 39.8 Å². The van der Waals surface area contributed by atoms with E-state index >= 15 is 0 Å². The van der Waals surface area contributed by atoms with E-state index in [1.807, 2.05) is 29.1 Å². The number of halogens is 1. The molecule has 1 unspecified atom stereocenters. The summed E-state index contributed by atoms with van der Waals surface area (Å²) < 4.78 is 7.67. The number of hydrogen-bond acceptors (Lipinski definition) is 3. The fraction of sp³-hybridized carbons (Fsp3) is 0.500. The molecule has 2 rings (SSSR count). The van der Waals surface area contributed by atoms with Gasteiger partial charge in [0.2, 0.25) is 0 Å². The van der Waals surface area contributed by atoms with Crippen LogP contribution in [-0.2, 0) is 6.54 Å². The topological polar surface area (TPSA) is 63.5 Å². The van der Waals surface area contributed by atoms with E-state index < -0.39 is 0 Å². The summed E-state index contributed by atoms with van der Waals surface area (Å²) in [6.07, 6.45) is 4.76. The average Bonchev–Trinajstić information content (AvgIpc) is 3.16. The SMILES string of the molecule is CN=C(NCCCn1cccn1)NC(C)c1ccc(OCC(C)C)cc1.I. The Kier molecular flexibility index (Phi) is 10.8. The molecule has 2 aromatic rings. The quantitative estimate of drug-likeness (QED) is 0.245. The van der Waals surface area contributed by atoms with Crippen molar-refractivity contribution >= 4 is 29.9 Å². The fourth-order valence-electron chi connectivity index (χ4n) is 2.48. The molecule has 1 aromatic heterocycles. The lowest BCUT2D eigenvalue weighted by Gasteiger charge is -2.19. The minimum Gasteiger partial charge on any atom is -0.493 e. The number of aliphatic imine (C=N–C) groups is 1. The Balaban J connectivity index is 0.00000364. The van der Waals surface area contributed by atoms with Crippen LogP contribution in [0.5, 0.6) is 5.75 Å². The van der Waals surface area contributed by atoms with E-state index in [0.717, 1.165) is 37.8 Å². The lowest BCUT2D eigenvalue weighted by molar-refractivity contribution is 0.271. The van der Waals surface area contributed by atoms with Gasteiger partial charge in [-0.15, -0.1) is 24.0 Å². The van der Waals surface area contributed by atoms with E-state index in [-0.39, 0.29) is 30.0 Å². The van der Waals surface area contributed by atoms with E-state index in [9.17, 15) is 0 Å². The summed E-state index contributed by atoms with van der Waals surface area (Å²) in [5, 5.41) is 11.0. The Morgan fingerprint density at radius 2 is 1.96 bits per heavy atom. The van der Waals surface area contributed by atoms with E-state index in [2.05, 4.69) is 53.6 Å². The lowest BCUT2D eigenvalue weighted by Crippen LogP contribution is -2.39. The highest BCUT2D eigenvalue weighted by Crippen LogP contribution is 2.18. The van der Waals surface area contributed by atoms with Gasteiger partial charge in [-0.1, -0.05) is 26.0 Å². The van der Waals surface area contributed by atoms with Crippen molar-refractivity contribution in [3.8, 4) is 5.75 Å². The van der Waals surface area contributed by atoms with Crippen molar-refractivity contribution in [3.63, 3.8) is 0 Å². The van der Waals surface area contributed by atoms with Gasteiger partial charge in [-0.3, -0.25) is 9.67 Å².